The number of nitriles is 1. The van der Waals surface area contributed by atoms with Gasteiger partial charge >= 0.3 is 0 Å². The van der Waals surface area contributed by atoms with E-state index in [0.29, 0.717) is 11.3 Å². The van der Waals surface area contributed by atoms with Crippen molar-refractivity contribution in [3.05, 3.63) is 53.8 Å². The zero-order valence-electron chi connectivity index (χ0n) is 12.2. The average Bonchev–Trinajstić information content (AvgIpc) is 2.56. The van der Waals surface area contributed by atoms with Crippen LogP contribution in [0.2, 0.25) is 0 Å². The summed E-state index contributed by atoms with van der Waals surface area (Å²) in [5, 5.41) is 9.25. The highest BCUT2D eigenvalue weighted by molar-refractivity contribution is 5.65. The van der Waals surface area contributed by atoms with Gasteiger partial charge in [-0.2, -0.15) is 5.26 Å². The molecule has 2 N–H and O–H groups in total. The fraction of sp³-hybridized carbons (Fsp3) is 0.235. The van der Waals surface area contributed by atoms with Crippen molar-refractivity contribution >= 4 is 17.1 Å². The Labute approximate surface area is 129 Å². The monoisotopic (exact) mass is 296 g/mol. The van der Waals surface area contributed by atoms with Gasteiger partial charge in [0.15, 0.2) is 0 Å². The van der Waals surface area contributed by atoms with Gasteiger partial charge in [0.25, 0.3) is 0 Å². The molecular formula is C17H17FN4. The molecular weight excluding hydrogens is 279 g/mol. The van der Waals surface area contributed by atoms with E-state index in [1.807, 2.05) is 12.1 Å². The molecule has 0 spiro atoms. The van der Waals surface area contributed by atoms with Gasteiger partial charge in [0.2, 0.25) is 0 Å². The Bertz CT molecular complexity index is 698. The van der Waals surface area contributed by atoms with Gasteiger partial charge in [0.05, 0.1) is 11.3 Å². The van der Waals surface area contributed by atoms with Crippen LogP contribution < -0.4 is 15.5 Å². The van der Waals surface area contributed by atoms with Crippen LogP contribution in [0.5, 0.6) is 0 Å². The summed E-state index contributed by atoms with van der Waals surface area (Å²) >= 11 is 0. The normalized spacial score (nSPS) is 14.7. The van der Waals surface area contributed by atoms with E-state index in [9.17, 15) is 9.65 Å². The van der Waals surface area contributed by atoms with Crippen molar-refractivity contribution in [3.8, 4) is 6.07 Å². The molecule has 0 radical (unpaired) electrons. The average molecular weight is 296 g/mol. The van der Waals surface area contributed by atoms with Gasteiger partial charge in [0.1, 0.15) is 11.9 Å². The third kappa shape index (κ3) is 2.82. The minimum atomic E-state index is -0.220. The quantitative estimate of drug-likeness (QED) is 0.866. The molecule has 0 aromatic heterocycles. The van der Waals surface area contributed by atoms with Crippen molar-refractivity contribution in [2.24, 2.45) is 0 Å². The summed E-state index contributed by atoms with van der Waals surface area (Å²) in [6, 6.07) is 14.2. The Hall–Kier alpha value is -2.74. The van der Waals surface area contributed by atoms with Crippen LogP contribution in [0.15, 0.2) is 42.5 Å². The van der Waals surface area contributed by atoms with E-state index in [2.05, 4.69) is 15.9 Å². The highest BCUT2D eigenvalue weighted by Gasteiger charge is 2.19. The molecule has 0 saturated carbocycles. The lowest BCUT2D eigenvalue weighted by molar-refractivity contribution is 0.624. The first kappa shape index (κ1) is 14.2. The standard InChI is InChI=1S/C17H17FN4/c18-14-1-4-16(5-2-14)21-7-9-22(10-8-21)17-6-3-15(20)11-13(17)12-19/h1-6,11H,7-10,20H2. The molecule has 1 aliphatic heterocycles. The zero-order chi connectivity index (χ0) is 15.5. The van der Waals surface area contributed by atoms with Crippen LogP contribution in [0, 0.1) is 17.1 Å². The van der Waals surface area contributed by atoms with Crippen LogP contribution >= 0.6 is 0 Å². The summed E-state index contributed by atoms with van der Waals surface area (Å²) in [4.78, 5) is 4.41. The second kappa shape index (κ2) is 5.94. The maximum absolute atomic E-state index is 13.0. The van der Waals surface area contributed by atoms with E-state index in [1.54, 1.807) is 18.2 Å². The van der Waals surface area contributed by atoms with E-state index < -0.39 is 0 Å². The predicted octanol–water partition coefficient (Wildman–Crippen LogP) is 2.61. The molecule has 22 heavy (non-hydrogen) atoms. The molecule has 1 saturated heterocycles. The molecule has 112 valence electrons. The highest BCUT2D eigenvalue weighted by Crippen LogP contribution is 2.25. The Balaban J connectivity index is 1.72. The molecule has 3 rings (SSSR count). The Morgan fingerprint density at radius 3 is 2.23 bits per heavy atom. The molecule has 2 aromatic rings. The van der Waals surface area contributed by atoms with Gasteiger partial charge in [-0.1, -0.05) is 0 Å². The molecule has 0 amide bonds. The first-order chi connectivity index (χ1) is 10.7. The summed E-state index contributed by atoms with van der Waals surface area (Å²) in [6.45, 7) is 3.30. The van der Waals surface area contributed by atoms with Crippen molar-refractivity contribution in [2.45, 2.75) is 0 Å². The fourth-order valence-electron chi connectivity index (χ4n) is 2.78. The Morgan fingerprint density at radius 1 is 0.955 bits per heavy atom. The van der Waals surface area contributed by atoms with Crippen LogP contribution in [-0.4, -0.2) is 26.2 Å². The summed E-state index contributed by atoms with van der Waals surface area (Å²) in [6.07, 6.45) is 0. The van der Waals surface area contributed by atoms with Crippen LogP contribution in [0.25, 0.3) is 0 Å². The number of nitrogens with two attached hydrogens (primary N) is 1. The third-order valence-electron chi connectivity index (χ3n) is 3.95. The highest BCUT2D eigenvalue weighted by atomic mass is 19.1. The van der Waals surface area contributed by atoms with E-state index in [4.69, 9.17) is 5.73 Å². The number of hydrogen-bond donors (Lipinski definition) is 1. The van der Waals surface area contributed by atoms with E-state index >= 15 is 0 Å². The second-order valence-corrected chi connectivity index (χ2v) is 5.34. The van der Waals surface area contributed by atoms with Crippen molar-refractivity contribution in [3.63, 3.8) is 0 Å². The van der Waals surface area contributed by atoms with Gasteiger partial charge in [0, 0.05) is 37.6 Å². The number of nitrogen functional groups attached to an aromatic ring is 1. The maximum Gasteiger partial charge on any atom is 0.123 e. The minimum absolute atomic E-state index is 0.220. The number of piperazine rings is 1. The maximum atomic E-state index is 13.0. The molecule has 4 nitrogen and oxygen atoms in total. The molecule has 0 atom stereocenters. The van der Waals surface area contributed by atoms with Gasteiger partial charge in [-0.3, -0.25) is 0 Å². The van der Waals surface area contributed by atoms with E-state index in [-0.39, 0.29) is 5.82 Å². The first-order valence-corrected chi connectivity index (χ1v) is 7.22. The number of anilines is 3. The minimum Gasteiger partial charge on any atom is -0.399 e. The molecule has 1 aliphatic rings. The molecule has 0 unspecified atom stereocenters. The number of nitrogens with zero attached hydrogens (tertiary/aromatic N) is 3. The van der Waals surface area contributed by atoms with Crippen molar-refractivity contribution in [1.82, 2.24) is 0 Å². The number of hydrogen-bond acceptors (Lipinski definition) is 4. The topological polar surface area (TPSA) is 56.3 Å². The first-order valence-electron chi connectivity index (χ1n) is 7.22. The largest absolute Gasteiger partial charge is 0.399 e. The lowest BCUT2D eigenvalue weighted by Gasteiger charge is -2.37. The van der Waals surface area contributed by atoms with E-state index in [0.717, 1.165) is 37.6 Å². The molecule has 0 aliphatic carbocycles. The third-order valence-corrected chi connectivity index (χ3v) is 3.95. The van der Waals surface area contributed by atoms with Crippen molar-refractivity contribution < 1.29 is 4.39 Å². The molecule has 5 heteroatoms. The molecule has 1 heterocycles. The molecule has 0 bridgehead atoms. The van der Waals surface area contributed by atoms with Gasteiger partial charge in [-0.15, -0.1) is 0 Å². The second-order valence-electron chi connectivity index (χ2n) is 5.34. The van der Waals surface area contributed by atoms with Crippen LogP contribution in [-0.2, 0) is 0 Å². The molecule has 1 fully saturated rings. The fourth-order valence-corrected chi connectivity index (χ4v) is 2.78. The lowest BCUT2D eigenvalue weighted by Crippen LogP contribution is -2.46. The van der Waals surface area contributed by atoms with Crippen molar-refractivity contribution in [2.75, 3.05) is 41.7 Å². The van der Waals surface area contributed by atoms with Gasteiger partial charge < -0.3 is 15.5 Å². The summed E-state index contributed by atoms with van der Waals surface area (Å²) < 4.78 is 13.0. The van der Waals surface area contributed by atoms with Crippen LogP contribution in [0.4, 0.5) is 21.5 Å². The van der Waals surface area contributed by atoms with E-state index in [1.165, 1.54) is 12.1 Å². The lowest BCUT2D eigenvalue weighted by atomic mass is 10.1. The Morgan fingerprint density at radius 2 is 1.59 bits per heavy atom. The smallest absolute Gasteiger partial charge is 0.123 e. The predicted molar refractivity (Wildman–Crippen MR) is 86.4 cm³/mol. The molecule has 2 aromatic carbocycles. The van der Waals surface area contributed by atoms with Crippen LogP contribution in [0.1, 0.15) is 5.56 Å². The summed E-state index contributed by atoms with van der Waals surface area (Å²) in [7, 11) is 0. The van der Waals surface area contributed by atoms with Gasteiger partial charge in [-0.05, 0) is 42.5 Å². The summed E-state index contributed by atoms with van der Waals surface area (Å²) in [5.41, 5.74) is 8.90. The number of rotatable bonds is 2. The van der Waals surface area contributed by atoms with Crippen LogP contribution in [0.3, 0.4) is 0 Å². The number of halogens is 1. The van der Waals surface area contributed by atoms with Crippen molar-refractivity contribution in [1.29, 1.82) is 5.26 Å². The Kier molecular flexibility index (Phi) is 3.84. The number of benzene rings is 2. The summed E-state index contributed by atoms with van der Waals surface area (Å²) in [5.74, 6) is -0.220. The van der Waals surface area contributed by atoms with Gasteiger partial charge in [-0.25, -0.2) is 4.39 Å². The zero-order valence-corrected chi connectivity index (χ0v) is 12.2. The SMILES string of the molecule is N#Cc1cc(N)ccc1N1CCN(c2ccc(F)cc2)CC1.